The molecule has 0 radical (unpaired) electrons. The SMILES string of the molecule is CCCc1ccn(C(=O)OC(C)(C)C)n1. The van der Waals surface area contributed by atoms with Crippen LogP contribution in [0.2, 0.25) is 0 Å². The van der Waals surface area contributed by atoms with Gasteiger partial charge in [-0.1, -0.05) is 13.3 Å². The van der Waals surface area contributed by atoms with Gasteiger partial charge in [-0.05, 0) is 33.3 Å². The third-order valence-corrected chi connectivity index (χ3v) is 1.73. The molecule has 1 aromatic heterocycles. The molecule has 4 nitrogen and oxygen atoms in total. The minimum absolute atomic E-state index is 0.426. The molecule has 1 heterocycles. The maximum absolute atomic E-state index is 11.6. The number of carbonyl (C=O) groups excluding carboxylic acids is 1. The molecule has 84 valence electrons. The number of rotatable bonds is 2. The zero-order valence-corrected chi connectivity index (χ0v) is 9.78. The van der Waals surface area contributed by atoms with Gasteiger partial charge in [-0.2, -0.15) is 9.78 Å². The van der Waals surface area contributed by atoms with Gasteiger partial charge in [0.05, 0.1) is 5.69 Å². The Morgan fingerprint density at radius 2 is 2.20 bits per heavy atom. The smallest absolute Gasteiger partial charge is 0.435 e. The van der Waals surface area contributed by atoms with Crippen LogP contribution in [0.1, 0.15) is 39.8 Å². The summed E-state index contributed by atoms with van der Waals surface area (Å²) in [6.45, 7) is 7.58. The van der Waals surface area contributed by atoms with Gasteiger partial charge in [0, 0.05) is 6.20 Å². The Morgan fingerprint density at radius 3 is 2.73 bits per heavy atom. The third kappa shape index (κ3) is 3.73. The molecule has 0 bridgehead atoms. The summed E-state index contributed by atoms with van der Waals surface area (Å²) in [7, 11) is 0. The average Bonchev–Trinajstić information content (AvgIpc) is 2.50. The molecule has 0 aromatic carbocycles. The fourth-order valence-electron chi connectivity index (χ4n) is 1.16. The molecule has 0 atom stereocenters. The van der Waals surface area contributed by atoms with E-state index in [2.05, 4.69) is 12.0 Å². The van der Waals surface area contributed by atoms with Gasteiger partial charge in [0.25, 0.3) is 0 Å². The monoisotopic (exact) mass is 210 g/mol. The number of nitrogens with zero attached hydrogens (tertiary/aromatic N) is 2. The number of ether oxygens (including phenoxy) is 1. The van der Waals surface area contributed by atoms with E-state index in [1.807, 2.05) is 26.8 Å². The van der Waals surface area contributed by atoms with Crippen molar-refractivity contribution < 1.29 is 9.53 Å². The zero-order chi connectivity index (χ0) is 11.5. The van der Waals surface area contributed by atoms with Crippen LogP contribution < -0.4 is 0 Å². The molecule has 0 aliphatic heterocycles. The Bertz CT molecular complexity index is 337. The van der Waals surface area contributed by atoms with Crippen molar-refractivity contribution in [3.63, 3.8) is 0 Å². The maximum Gasteiger partial charge on any atom is 0.435 e. The van der Waals surface area contributed by atoms with Crippen molar-refractivity contribution in [3.05, 3.63) is 18.0 Å². The molecule has 0 unspecified atom stereocenters. The summed E-state index contributed by atoms with van der Waals surface area (Å²) >= 11 is 0. The lowest BCUT2D eigenvalue weighted by Gasteiger charge is -2.18. The van der Waals surface area contributed by atoms with Crippen molar-refractivity contribution in [2.45, 2.75) is 46.1 Å². The molecule has 0 fully saturated rings. The Labute approximate surface area is 90.2 Å². The van der Waals surface area contributed by atoms with Crippen LogP contribution in [0.4, 0.5) is 4.79 Å². The minimum atomic E-state index is -0.478. The molecule has 15 heavy (non-hydrogen) atoms. The van der Waals surface area contributed by atoms with Crippen molar-refractivity contribution in [2.24, 2.45) is 0 Å². The van der Waals surface area contributed by atoms with Gasteiger partial charge in [0.15, 0.2) is 0 Å². The quantitative estimate of drug-likeness (QED) is 0.753. The van der Waals surface area contributed by atoms with E-state index in [9.17, 15) is 4.79 Å². The standard InChI is InChI=1S/C11H18N2O2/c1-5-6-9-7-8-13(12-9)10(14)15-11(2,3)4/h7-8H,5-6H2,1-4H3. The number of hydrogen-bond acceptors (Lipinski definition) is 3. The highest BCUT2D eigenvalue weighted by molar-refractivity contribution is 5.69. The first-order chi connectivity index (χ1) is 6.92. The molecular formula is C11H18N2O2. The van der Waals surface area contributed by atoms with Gasteiger partial charge in [0.2, 0.25) is 0 Å². The first-order valence-electron chi connectivity index (χ1n) is 5.20. The van der Waals surface area contributed by atoms with Crippen LogP contribution in [0, 0.1) is 0 Å². The summed E-state index contributed by atoms with van der Waals surface area (Å²) in [6.07, 6.45) is 3.12. The zero-order valence-electron chi connectivity index (χ0n) is 9.78. The lowest BCUT2D eigenvalue weighted by molar-refractivity contribution is 0.0514. The summed E-state index contributed by atoms with van der Waals surface area (Å²) in [4.78, 5) is 11.6. The van der Waals surface area contributed by atoms with Gasteiger partial charge in [-0.25, -0.2) is 4.79 Å². The molecule has 0 spiro atoms. The largest absolute Gasteiger partial charge is 0.442 e. The van der Waals surface area contributed by atoms with Gasteiger partial charge < -0.3 is 4.74 Å². The molecular weight excluding hydrogens is 192 g/mol. The molecule has 0 aliphatic carbocycles. The maximum atomic E-state index is 11.6. The summed E-state index contributed by atoms with van der Waals surface area (Å²) < 4.78 is 6.42. The highest BCUT2D eigenvalue weighted by atomic mass is 16.6. The number of hydrogen-bond donors (Lipinski definition) is 0. The van der Waals surface area contributed by atoms with Crippen molar-refractivity contribution in [1.29, 1.82) is 0 Å². The van der Waals surface area contributed by atoms with E-state index in [-0.39, 0.29) is 0 Å². The van der Waals surface area contributed by atoms with Crippen LogP contribution in [0.3, 0.4) is 0 Å². The van der Waals surface area contributed by atoms with E-state index in [0.29, 0.717) is 0 Å². The molecule has 0 N–H and O–H groups in total. The van der Waals surface area contributed by atoms with Crippen LogP contribution in [0.25, 0.3) is 0 Å². The Hall–Kier alpha value is -1.32. The van der Waals surface area contributed by atoms with E-state index in [1.54, 1.807) is 6.20 Å². The van der Waals surface area contributed by atoms with Gasteiger partial charge in [-0.15, -0.1) is 0 Å². The number of carbonyl (C=O) groups is 1. The fraction of sp³-hybridized carbons (Fsp3) is 0.636. The van der Waals surface area contributed by atoms with E-state index in [0.717, 1.165) is 18.5 Å². The summed E-state index contributed by atoms with van der Waals surface area (Å²) in [5.41, 5.74) is 0.442. The molecule has 0 saturated carbocycles. The molecule has 0 amide bonds. The highest BCUT2D eigenvalue weighted by Gasteiger charge is 2.18. The molecule has 1 rings (SSSR count). The van der Waals surface area contributed by atoms with Gasteiger partial charge >= 0.3 is 6.09 Å². The van der Waals surface area contributed by atoms with Gasteiger partial charge in [0.1, 0.15) is 5.60 Å². The fourth-order valence-corrected chi connectivity index (χ4v) is 1.16. The van der Waals surface area contributed by atoms with Crippen molar-refractivity contribution in [1.82, 2.24) is 9.78 Å². The van der Waals surface area contributed by atoms with Crippen LogP contribution in [0.15, 0.2) is 12.3 Å². The van der Waals surface area contributed by atoms with Crippen molar-refractivity contribution >= 4 is 6.09 Å². The third-order valence-electron chi connectivity index (χ3n) is 1.73. The Morgan fingerprint density at radius 1 is 1.53 bits per heavy atom. The molecule has 4 heteroatoms. The predicted molar refractivity (Wildman–Crippen MR) is 57.9 cm³/mol. The molecule has 0 saturated heterocycles. The van der Waals surface area contributed by atoms with Crippen LogP contribution in [-0.2, 0) is 11.2 Å². The van der Waals surface area contributed by atoms with E-state index < -0.39 is 11.7 Å². The lowest BCUT2D eigenvalue weighted by atomic mass is 10.2. The van der Waals surface area contributed by atoms with Crippen molar-refractivity contribution in [3.8, 4) is 0 Å². The predicted octanol–water partition coefficient (Wildman–Crippen LogP) is 2.62. The molecule has 0 aliphatic rings. The minimum Gasteiger partial charge on any atom is -0.442 e. The average molecular weight is 210 g/mol. The van der Waals surface area contributed by atoms with Gasteiger partial charge in [-0.3, -0.25) is 0 Å². The molecule has 1 aromatic rings. The summed E-state index contributed by atoms with van der Waals surface area (Å²) in [5, 5.41) is 4.13. The van der Waals surface area contributed by atoms with Crippen molar-refractivity contribution in [2.75, 3.05) is 0 Å². The topological polar surface area (TPSA) is 44.1 Å². The van der Waals surface area contributed by atoms with Crippen LogP contribution in [0.5, 0.6) is 0 Å². The lowest BCUT2D eigenvalue weighted by Crippen LogP contribution is -2.27. The Balaban J connectivity index is 2.66. The second kappa shape index (κ2) is 4.47. The second-order valence-electron chi connectivity index (χ2n) is 4.48. The van der Waals surface area contributed by atoms with Crippen LogP contribution in [-0.4, -0.2) is 21.5 Å². The van der Waals surface area contributed by atoms with Crippen LogP contribution >= 0.6 is 0 Å². The Kier molecular flexibility index (Phi) is 3.50. The number of aromatic nitrogens is 2. The normalized spacial score (nSPS) is 11.5. The first kappa shape index (κ1) is 11.8. The van der Waals surface area contributed by atoms with E-state index >= 15 is 0 Å². The second-order valence-corrected chi connectivity index (χ2v) is 4.48. The first-order valence-corrected chi connectivity index (χ1v) is 5.20. The summed E-state index contributed by atoms with van der Waals surface area (Å²) in [6, 6.07) is 1.84. The highest BCUT2D eigenvalue weighted by Crippen LogP contribution is 2.09. The van der Waals surface area contributed by atoms with E-state index in [1.165, 1.54) is 4.68 Å². The number of aryl methyl sites for hydroxylation is 1. The van der Waals surface area contributed by atoms with E-state index in [4.69, 9.17) is 4.74 Å². The summed E-state index contributed by atoms with van der Waals surface area (Å²) in [5.74, 6) is 0.